The Labute approximate surface area is 187 Å². The minimum Gasteiger partial charge on any atom is -0.477 e. The van der Waals surface area contributed by atoms with Crippen LogP contribution < -0.4 is 10.2 Å². The number of rotatable bonds is 8. The normalized spacial score (nSPS) is 19.0. The van der Waals surface area contributed by atoms with E-state index in [1.165, 1.54) is 13.3 Å². The number of hydrogen-bond donors (Lipinski definition) is 3. The second-order valence-corrected chi connectivity index (χ2v) is 8.07. The van der Waals surface area contributed by atoms with E-state index in [4.69, 9.17) is 16.3 Å². The molecule has 1 fully saturated rings. The summed E-state index contributed by atoms with van der Waals surface area (Å²) in [5, 5.41) is 16.8. The van der Waals surface area contributed by atoms with Gasteiger partial charge in [-0.05, 0) is 12.8 Å². The van der Waals surface area contributed by atoms with Crippen LogP contribution in [0.1, 0.15) is 45.0 Å². The Bertz CT molecular complexity index is 977. The molecule has 2 aromatic rings. The molecule has 0 spiro atoms. The molecule has 2 atom stereocenters. The van der Waals surface area contributed by atoms with Crippen molar-refractivity contribution < 1.29 is 24.3 Å². The van der Waals surface area contributed by atoms with Gasteiger partial charge in [-0.15, -0.1) is 0 Å². The monoisotopic (exact) mass is 470 g/mol. The molecule has 3 rings (SSSR count). The Balaban J connectivity index is 1.71. The van der Waals surface area contributed by atoms with Crippen LogP contribution in [-0.2, 0) is 16.0 Å². The largest absolute Gasteiger partial charge is 0.477 e. The molecule has 3 heterocycles. The number of nitrogens with one attached hydrogen (secondary N) is 2. The first kappa shape index (κ1) is 23.0. The molecule has 1 aliphatic rings. The number of nitrogens with zero attached hydrogens (tertiary/aromatic N) is 4. The number of methoxy groups -OCH3 is 1. The molecule has 0 aliphatic carbocycles. The Morgan fingerprint density at radius 3 is 2.84 bits per heavy atom. The number of aromatic amines is 1. The minimum absolute atomic E-state index is 0.0709. The van der Waals surface area contributed by atoms with Crippen LogP contribution in [0.25, 0.3) is 0 Å². The van der Waals surface area contributed by atoms with Gasteiger partial charge in [0.05, 0.1) is 24.1 Å². The van der Waals surface area contributed by atoms with Crippen molar-refractivity contribution in [2.75, 3.05) is 32.2 Å². The molecule has 1 saturated heterocycles. The van der Waals surface area contributed by atoms with E-state index in [0.29, 0.717) is 36.8 Å². The van der Waals surface area contributed by atoms with Crippen LogP contribution >= 0.6 is 22.9 Å². The highest BCUT2D eigenvalue weighted by molar-refractivity contribution is 7.17. The predicted octanol–water partition coefficient (Wildman–Crippen LogP) is 1.78. The number of anilines is 1. The highest BCUT2D eigenvalue weighted by Crippen LogP contribution is 2.29. The number of aromatic nitrogens is 3. The summed E-state index contributed by atoms with van der Waals surface area (Å²) >= 11 is 7.08. The van der Waals surface area contributed by atoms with Gasteiger partial charge >= 0.3 is 5.97 Å². The number of imidazole rings is 1. The molecule has 2 aromatic heterocycles. The number of halogens is 1. The van der Waals surface area contributed by atoms with Gasteiger partial charge in [-0.3, -0.25) is 4.79 Å². The number of carboxylic acid groups (broad SMARTS) is 1. The minimum atomic E-state index is -1.09. The van der Waals surface area contributed by atoms with Crippen LogP contribution in [0.15, 0.2) is 5.16 Å². The number of aromatic carboxylic acids is 1. The lowest BCUT2D eigenvalue weighted by Crippen LogP contribution is -2.55. The van der Waals surface area contributed by atoms with Crippen LogP contribution in [0.5, 0.6) is 0 Å². The molecule has 0 radical (unpaired) electrons. The fourth-order valence-electron chi connectivity index (χ4n) is 3.26. The van der Waals surface area contributed by atoms with Crippen molar-refractivity contribution in [3.05, 3.63) is 27.2 Å². The number of ether oxygens (including phenoxy) is 1. The van der Waals surface area contributed by atoms with Crippen LogP contribution in [0.4, 0.5) is 5.13 Å². The SMILES string of the molecule is CCc1[nH]c(C(=O)N[C@@H]2CCN(c3nc(/C=N/OC)c(C(=O)O)s3)C[C@@H]2OC)nc1Cl. The Hall–Kier alpha value is -2.70. The third-order valence-corrected chi connectivity index (χ3v) is 6.30. The van der Waals surface area contributed by atoms with Gasteiger partial charge in [-0.25, -0.2) is 14.8 Å². The van der Waals surface area contributed by atoms with Gasteiger partial charge in [0, 0.05) is 20.2 Å². The molecule has 0 bridgehead atoms. The van der Waals surface area contributed by atoms with Gasteiger partial charge in [-0.1, -0.05) is 35.0 Å². The maximum absolute atomic E-state index is 12.6. The number of H-pyrrole nitrogens is 1. The lowest BCUT2D eigenvalue weighted by atomic mass is 10.0. The first-order valence-corrected chi connectivity index (χ1v) is 10.7. The smallest absolute Gasteiger partial charge is 0.348 e. The van der Waals surface area contributed by atoms with Crippen molar-refractivity contribution >= 4 is 46.2 Å². The third kappa shape index (κ3) is 5.14. The Morgan fingerprint density at radius 1 is 1.45 bits per heavy atom. The summed E-state index contributed by atoms with van der Waals surface area (Å²) in [4.78, 5) is 42.1. The highest BCUT2D eigenvalue weighted by atomic mass is 35.5. The molecular weight excluding hydrogens is 448 g/mol. The maximum Gasteiger partial charge on any atom is 0.348 e. The summed E-state index contributed by atoms with van der Waals surface area (Å²) in [6.07, 6.45) is 2.15. The van der Waals surface area contributed by atoms with Gasteiger partial charge in [0.15, 0.2) is 16.1 Å². The molecule has 11 nitrogen and oxygen atoms in total. The molecule has 0 saturated carbocycles. The summed E-state index contributed by atoms with van der Waals surface area (Å²) in [6, 6.07) is -0.254. The lowest BCUT2D eigenvalue weighted by Gasteiger charge is -2.37. The first-order valence-electron chi connectivity index (χ1n) is 9.51. The number of thiazole rings is 1. The van der Waals surface area contributed by atoms with Crippen molar-refractivity contribution in [2.45, 2.75) is 31.9 Å². The van der Waals surface area contributed by atoms with E-state index >= 15 is 0 Å². The third-order valence-electron chi connectivity index (χ3n) is 4.86. The number of oxime groups is 1. The first-order chi connectivity index (χ1) is 14.9. The maximum atomic E-state index is 12.6. The van der Waals surface area contributed by atoms with E-state index in [1.807, 2.05) is 11.8 Å². The Morgan fingerprint density at radius 2 is 2.23 bits per heavy atom. The van der Waals surface area contributed by atoms with Crippen LogP contribution in [0, 0.1) is 0 Å². The topological polar surface area (TPSA) is 142 Å². The summed E-state index contributed by atoms with van der Waals surface area (Å²) in [5.41, 5.74) is 0.927. The zero-order valence-electron chi connectivity index (χ0n) is 17.2. The zero-order chi connectivity index (χ0) is 22.5. The second kappa shape index (κ2) is 10.1. The molecule has 168 valence electrons. The van der Waals surface area contributed by atoms with Crippen molar-refractivity contribution in [3.63, 3.8) is 0 Å². The zero-order valence-corrected chi connectivity index (χ0v) is 18.8. The average molecular weight is 471 g/mol. The summed E-state index contributed by atoms with van der Waals surface area (Å²) < 4.78 is 5.59. The van der Waals surface area contributed by atoms with E-state index in [2.05, 4.69) is 30.3 Å². The van der Waals surface area contributed by atoms with E-state index < -0.39 is 5.97 Å². The molecule has 0 unspecified atom stereocenters. The highest BCUT2D eigenvalue weighted by Gasteiger charge is 2.33. The van der Waals surface area contributed by atoms with Gasteiger partial charge in [0.1, 0.15) is 17.7 Å². The molecule has 1 aliphatic heterocycles. The molecule has 1 amide bonds. The molecule has 3 N–H and O–H groups in total. The van der Waals surface area contributed by atoms with Gasteiger partial charge in [-0.2, -0.15) is 0 Å². The number of carboxylic acids is 1. The van der Waals surface area contributed by atoms with Crippen LogP contribution in [0.3, 0.4) is 0 Å². The number of carbonyl (C=O) groups excluding carboxylic acids is 1. The standard InChI is InChI=1S/C18H23ClN6O5S/c1-4-9-14(19)24-15(21-9)16(26)22-10-5-6-25(8-12(10)29-2)18-23-11(7-20-30-3)13(31-18)17(27)28/h7,10,12H,4-6,8H2,1-3H3,(H,21,24)(H,22,26)(H,27,28)/b20-7+/t10-,12+/m1/s1. The number of piperidine rings is 1. The van der Waals surface area contributed by atoms with E-state index in [1.54, 1.807) is 7.11 Å². The molecular formula is C18H23ClN6O5S. The molecule has 13 heteroatoms. The second-order valence-electron chi connectivity index (χ2n) is 6.73. The molecule has 0 aromatic carbocycles. The van der Waals surface area contributed by atoms with Crippen molar-refractivity contribution in [1.82, 2.24) is 20.3 Å². The molecule has 31 heavy (non-hydrogen) atoms. The van der Waals surface area contributed by atoms with Crippen LogP contribution in [0.2, 0.25) is 5.15 Å². The fraction of sp³-hybridized carbons (Fsp3) is 0.500. The van der Waals surface area contributed by atoms with Gasteiger partial charge < -0.3 is 29.9 Å². The van der Waals surface area contributed by atoms with Gasteiger partial charge in [0.25, 0.3) is 5.91 Å². The number of carbonyl (C=O) groups is 2. The van der Waals surface area contributed by atoms with Gasteiger partial charge in [0.2, 0.25) is 0 Å². The van der Waals surface area contributed by atoms with Crippen molar-refractivity contribution in [2.24, 2.45) is 5.16 Å². The van der Waals surface area contributed by atoms with E-state index in [-0.39, 0.29) is 39.6 Å². The fourth-order valence-corrected chi connectivity index (χ4v) is 4.44. The number of hydrogen-bond acceptors (Lipinski definition) is 9. The summed E-state index contributed by atoms with van der Waals surface area (Å²) in [7, 11) is 2.93. The van der Waals surface area contributed by atoms with Crippen LogP contribution in [-0.4, -0.2) is 77.6 Å². The number of amides is 1. The van der Waals surface area contributed by atoms with Crippen molar-refractivity contribution in [3.8, 4) is 0 Å². The van der Waals surface area contributed by atoms with E-state index in [0.717, 1.165) is 11.3 Å². The quantitative estimate of drug-likeness (QED) is 0.391. The summed E-state index contributed by atoms with van der Waals surface area (Å²) in [6.45, 7) is 2.89. The number of aryl methyl sites for hydroxylation is 1. The predicted molar refractivity (Wildman–Crippen MR) is 116 cm³/mol. The average Bonchev–Trinajstić information content (AvgIpc) is 3.36. The van der Waals surface area contributed by atoms with Crippen molar-refractivity contribution in [1.29, 1.82) is 0 Å². The van der Waals surface area contributed by atoms with E-state index in [9.17, 15) is 14.7 Å². The summed E-state index contributed by atoms with van der Waals surface area (Å²) in [5.74, 6) is -1.29. The lowest BCUT2D eigenvalue weighted by molar-refractivity contribution is 0.0538. The Kier molecular flexibility index (Phi) is 7.46.